The normalized spacial score (nSPS) is 53.3. The summed E-state index contributed by atoms with van der Waals surface area (Å²) in [5.41, 5.74) is 0.133. The molecule has 4 saturated carbocycles. The molecule has 1 N–H and O–H groups in total. The molecule has 2 aliphatic heterocycles. The van der Waals surface area contributed by atoms with Crippen molar-refractivity contribution in [3.8, 4) is 0 Å². The molecule has 10 atom stereocenters. The van der Waals surface area contributed by atoms with Crippen LogP contribution in [0.5, 0.6) is 0 Å². The predicted molar refractivity (Wildman–Crippen MR) is 124 cm³/mol. The van der Waals surface area contributed by atoms with Crippen LogP contribution in [0.4, 0.5) is 0 Å². The quantitative estimate of drug-likeness (QED) is 0.398. The average Bonchev–Trinajstić information content (AvgIpc) is 3.09. The molecule has 6 rings (SSSR count). The molecule has 2 heterocycles. The maximum Gasteiger partial charge on any atom is 0.112 e. The molecule has 2 bridgehead atoms. The lowest BCUT2D eigenvalue weighted by Gasteiger charge is -2.72. The maximum atomic E-state index is 10.4. The van der Waals surface area contributed by atoms with E-state index in [0.29, 0.717) is 35.0 Å². The lowest BCUT2D eigenvalue weighted by atomic mass is 9.40. The molecule has 0 unspecified atom stereocenters. The fourth-order valence-electron chi connectivity index (χ4n) is 9.32. The van der Waals surface area contributed by atoms with Crippen molar-refractivity contribution in [3.63, 3.8) is 0 Å². The van der Waals surface area contributed by atoms with Gasteiger partial charge in [0, 0.05) is 11.8 Å². The molecule has 176 valence electrons. The van der Waals surface area contributed by atoms with Crippen LogP contribution in [0.3, 0.4) is 0 Å². The van der Waals surface area contributed by atoms with E-state index in [1.165, 1.54) is 25.7 Å². The first-order chi connectivity index (χ1) is 14.6. The largest absolute Gasteiger partial charge is 0.393 e. The Balaban J connectivity index is 1.42. The second-order valence-corrected chi connectivity index (χ2v) is 13.1. The van der Waals surface area contributed by atoms with Crippen LogP contribution in [0.1, 0.15) is 99.3 Å². The molecule has 6 aliphatic rings. The fraction of sp³-hybridized carbons (Fsp3) is 0.929. The molecule has 0 aromatic heterocycles. The van der Waals surface area contributed by atoms with Gasteiger partial charge >= 0.3 is 0 Å². The van der Waals surface area contributed by atoms with E-state index in [-0.39, 0.29) is 22.7 Å². The highest BCUT2D eigenvalue weighted by Gasteiger charge is 2.75. The Labute approximate surface area is 190 Å². The lowest BCUT2D eigenvalue weighted by molar-refractivity contribution is -0.536. The van der Waals surface area contributed by atoms with E-state index in [4.69, 9.17) is 9.78 Å². The van der Waals surface area contributed by atoms with Crippen molar-refractivity contribution >= 4 is 0 Å². The third-order valence-corrected chi connectivity index (χ3v) is 11.6. The van der Waals surface area contributed by atoms with Crippen LogP contribution < -0.4 is 0 Å². The number of hydrogen-bond acceptors (Lipinski definition) is 3. The molecule has 0 aromatic rings. The van der Waals surface area contributed by atoms with Gasteiger partial charge in [-0.2, -0.15) is 0 Å². The summed E-state index contributed by atoms with van der Waals surface area (Å²) >= 11 is 0. The van der Waals surface area contributed by atoms with Gasteiger partial charge in [-0.15, -0.1) is 0 Å². The zero-order valence-corrected chi connectivity index (χ0v) is 20.8. The van der Waals surface area contributed by atoms with E-state index in [1.807, 2.05) is 0 Å². The molecule has 6 fully saturated rings. The molecule has 3 heteroatoms. The smallest absolute Gasteiger partial charge is 0.112 e. The van der Waals surface area contributed by atoms with Crippen LogP contribution in [0.15, 0.2) is 12.2 Å². The Kier molecular flexibility index (Phi) is 5.28. The average molecular weight is 431 g/mol. The number of allylic oxidation sites excluding steroid dienone is 2. The first kappa shape index (κ1) is 22.4. The summed E-state index contributed by atoms with van der Waals surface area (Å²) in [5, 5.41) is 10.4. The summed E-state index contributed by atoms with van der Waals surface area (Å²) < 4.78 is 0. The van der Waals surface area contributed by atoms with Crippen LogP contribution >= 0.6 is 0 Å². The lowest BCUT2D eigenvalue weighted by Crippen LogP contribution is -2.75. The van der Waals surface area contributed by atoms with Crippen LogP contribution in [-0.2, 0) is 9.78 Å². The molecular formula is C28H46O3. The standard InChI is InChI=1S/C28H46O3/c1-18(2)19(3)7-8-20(4)22-9-10-23-25(22,5)13-12-24-26(6)14-11-21(29)17-27(26)15-16-28(23,24)31-30-27/h7-8,18-24,29H,9-17H2,1-6H3/b8-7+/t19-,20+,21-,22+,23+,24+,25+,26+,27+,28-/m0/s1. The van der Waals surface area contributed by atoms with Gasteiger partial charge in [-0.05, 0) is 92.3 Å². The summed E-state index contributed by atoms with van der Waals surface area (Å²) in [7, 11) is 0. The Morgan fingerprint density at radius 3 is 2.29 bits per heavy atom. The Bertz CT molecular complexity index is 720. The van der Waals surface area contributed by atoms with Gasteiger partial charge < -0.3 is 5.11 Å². The third kappa shape index (κ3) is 2.94. The Morgan fingerprint density at radius 2 is 1.61 bits per heavy atom. The van der Waals surface area contributed by atoms with Crippen LogP contribution in [-0.4, -0.2) is 22.4 Å². The molecule has 2 spiro atoms. The highest BCUT2D eigenvalue weighted by molar-refractivity contribution is 5.23. The molecule has 3 nitrogen and oxygen atoms in total. The second kappa shape index (κ2) is 7.31. The highest BCUT2D eigenvalue weighted by atomic mass is 17.2. The summed E-state index contributed by atoms with van der Waals surface area (Å²) in [5.74, 6) is 3.89. The van der Waals surface area contributed by atoms with E-state index in [0.717, 1.165) is 38.0 Å². The van der Waals surface area contributed by atoms with E-state index in [9.17, 15) is 5.11 Å². The summed E-state index contributed by atoms with van der Waals surface area (Å²) in [6.45, 7) is 14.5. The van der Waals surface area contributed by atoms with E-state index in [2.05, 4.69) is 53.7 Å². The van der Waals surface area contributed by atoms with Crippen LogP contribution in [0.25, 0.3) is 0 Å². The Hall–Kier alpha value is -0.380. The molecular weight excluding hydrogens is 384 g/mol. The van der Waals surface area contributed by atoms with Crippen LogP contribution in [0.2, 0.25) is 0 Å². The van der Waals surface area contributed by atoms with Crippen molar-refractivity contribution in [1.29, 1.82) is 0 Å². The first-order valence-corrected chi connectivity index (χ1v) is 13.3. The molecule has 0 radical (unpaired) electrons. The second-order valence-electron chi connectivity index (χ2n) is 13.1. The third-order valence-electron chi connectivity index (χ3n) is 11.6. The minimum atomic E-state index is -0.258. The van der Waals surface area contributed by atoms with Gasteiger partial charge in [0.05, 0.1) is 6.10 Å². The fourth-order valence-corrected chi connectivity index (χ4v) is 9.32. The van der Waals surface area contributed by atoms with E-state index < -0.39 is 0 Å². The van der Waals surface area contributed by atoms with Crippen molar-refractivity contribution < 1.29 is 14.9 Å². The zero-order chi connectivity index (χ0) is 22.2. The zero-order valence-electron chi connectivity index (χ0n) is 20.8. The molecule has 4 aliphatic carbocycles. The summed E-state index contributed by atoms with van der Waals surface area (Å²) in [6.07, 6.45) is 14.9. The van der Waals surface area contributed by atoms with Crippen LogP contribution in [0, 0.1) is 46.3 Å². The number of rotatable bonds is 4. The van der Waals surface area contributed by atoms with E-state index in [1.54, 1.807) is 0 Å². The summed E-state index contributed by atoms with van der Waals surface area (Å²) in [4.78, 5) is 12.9. The minimum Gasteiger partial charge on any atom is -0.393 e. The van der Waals surface area contributed by atoms with Gasteiger partial charge in [0.1, 0.15) is 11.2 Å². The summed E-state index contributed by atoms with van der Waals surface area (Å²) in [6, 6.07) is 0. The molecule has 0 amide bonds. The van der Waals surface area contributed by atoms with Crippen molar-refractivity contribution in [2.75, 3.05) is 0 Å². The van der Waals surface area contributed by atoms with Gasteiger partial charge in [0.25, 0.3) is 0 Å². The topological polar surface area (TPSA) is 38.7 Å². The van der Waals surface area contributed by atoms with Crippen molar-refractivity contribution in [3.05, 3.63) is 12.2 Å². The van der Waals surface area contributed by atoms with Gasteiger partial charge in [0.2, 0.25) is 0 Å². The predicted octanol–water partition coefficient (Wildman–Crippen LogP) is 6.70. The number of hydrogen-bond donors (Lipinski definition) is 1. The van der Waals surface area contributed by atoms with Gasteiger partial charge in [-0.25, -0.2) is 9.78 Å². The van der Waals surface area contributed by atoms with Gasteiger partial charge in [-0.3, -0.25) is 0 Å². The van der Waals surface area contributed by atoms with Crippen molar-refractivity contribution in [2.45, 2.75) is 117 Å². The number of fused-ring (bicyclic) bond motifs is 3. The number of aliphatic hydroxyl groups is 1. The maximum absolute atomic E-state index is 10.4. The first-order valence-electron chi connectivity index (χ1n) is 13.3. The highest BCUT2D eigenvalue weighted by Crippen LogP contribution is 2.74. The van der Waals surface area contributed by atoms with Gasteiger partial charge in [0.15, 0.2) is 0 Å². The van der Waals surface area contributed by atoms with E-state index >= 15 is 0 Å². The monoisotopic (exact) mass is 430 g/mol. The van der Waals surface area contributed by atoms with Crippen molar-refractivity contribution in [1.82, 2.24) is 0 Å². The minimum absolute atomic E-state index is 0.102. The Morgan fingerprint density at radius 1 is 0.839 bits per heavy atom. The molecule has 2 saturated heterocycles. The number of aliphatic hydroxyl groups excluding tert-OH is 1. The molecule has 0 aromatic carbocycles. The molecule has 31 heavy (non-hydrogen) atoms. The van der Waals surface area contributed by atoms with Gasteiger partial charge in [-0.1, -0.05) is 53.7 Å². The SMILES string of the molecule is CC(C)[C@@H](C)/C=C/[C@@H](C)[C@H]1CC[C@@H]2[C@]1(C)CC[C@H]1[C@]23CC[C@]2(C[C@@H](O)CC[C@]12C)OO3. The van der Waals surface area contributed by atoms with Crippen molar-refractivity contribution in [2.24, 2.45) is 46.3 Å².